The SMILES string of the molecule is O=C1c2ccccc2C(=O)N1c1ccccc1OCCn1cccn1. The molecule has 1 aromatic heterocycles. The summed E-state index contributed by atoms with van der Waals surface area (Å²) < 4.78 is 7.57. The van der Waals surface area contributed by atoms with E-state index in [-0.39, 0.29) is 11.8 Å². The Bertz CT molecular complexity index is 900. The van der Waals surface area contributed by atoms with E-state index >= 15 is 0 Å². The van der Waals surface area contributed by atoms with Crippen LogP contribution >= 0.6 is 0 Å². The number of amides is 2. The molecule has 2 heterocycles. The van der Waals surface area contributed by atoms with Crippen molar-refractivity contribution < 1.29 is 14.3 Å². The molecule has 0 fully saturated rings. The Balaban J connectivity index is 1.59. The highest BCUT2D eigenvalue weighted by Crippen LogP contribution is 2.34. The van der Waals surface area contributed by atoms with Gasteiger partial charge in [0.2, 0.25) is 0 Å². The molecule has 1 aliphatic rings. The second-order valence-electron chi connectivity index (χ2n) is 5.58. The lowest BCUT2D eigenvalue weighted by molar-refractivity contribution is 0.0924. The molecule has 0 bridgehead atoms. The van der Waals surface area contributed by atoms with Crippen LogP contribution in [0, 0.1) is 0 Å². The number of hydrogen-bond acceptors (Lipinski definition) is 4. The van der Waals surface area contributed by atoms with Gasteiger partial charge in [-0.2, -0.15) is 5.10 Å². The average Bonchev–Trinajstić information content (AvgIpc) is 3.24. The molecule has 6 nitrogen and oxygen atoms in total. The Hall–Kier alpha value is -3.41. The molecule has 0 aliphatic carbocycles. The predicted molar refractivity (Wildman–Crippen MR) is 91.7 cm³/mol. The van der Waals surface area contributed by atoms with Gasteiger partial charge in [-0.1, -0.05) is 24.3 Å². The highest BCUT2D eigenvalue weighted by molar-refractivity contribution is 6.34. The zero-order valence-corrected chi connectivity index (χ0v) is 13.3. The van der Waals surface area contributed by atoms with E-state index in [9.17, 15) is 9.59 Å². The number of fused-ring (bicyclic) bond motifs is 1. The van der Waals surface area contributed by atoms with Crippen LogP contribution in [-0.4, -0.2) is 28.2 Å². The van der Waals surface area contributed by atoms with Gasteiger partial charge >= 0.3 is 0 Å². The molecule has 0 saturated carbocycles. The zero-order chi connectivity index (χ0) is 17.2. The first-order chi connectivity index (χ1) is 12.3. The molecule has 0 saturated heterocycles. The third kappa shape index (κ3) is 2.67. The molecule has 25 heavy (non-hydrogen) atoms. The van der Waals surface area contributed by atoms with Crippen molar-refractivity contribution in [2.75, 3.05) is 11.5 Å². The number of aromatic nitrogens is 2. The van der Waals surface area contributed by atoms with Crippen molar-refractivity contribution in [1.29, 1.82) is 0 Å². The molecule has 3 aromatic rings. The van der Waals surface area contributed by atoms with Gasteiger partial charge in [0, 0.05) is 12.4 Å². The summed E-state index contributed by atoms with van der Waals surface area (Å²) >= 11 is 0. The number of para-hydroxylation sites is 2. The number of benzene rings is 2. The van der Waals surface area contributed by atoms with Crippen molar-refractivity contribution in [3.8, 4) is 5.75 Å². The van der Waals surface area contributed by atoms with Gasteiger partial charge in [0.15, 0.2) is 0 Å². The lowest BCUT2D eigenvalue weighted by Crippen LogP contribution is -2.30. The molecule has 2 aromatic carbocycles. The van der Waals surface area contributed by atoms with E-state index in [0.29, 0.717) is 35.7 Å². The number of rotatable bonds is 5. The number of hydrogen-bond donors (Lipinski definition) is 0. The van der Waals surface area contributed by atoms with Gasteiger partial charge < -0.3 is 4.74 Å². The fourth-order valence-corrected chi connectivity index (χ4v) is 2.85. The Morgan fingerprint density at radius 3 is 2.24 bits per heavy atom. The zero-order valence-electron chi connectivity index (χ0n) is 13.3. The minimum Gasteiger partial charge on any atom is -0.489 e. The van der Waals surface area contributed by atoms with E-state index in [1.807, 2.05) is 18.3 Å². The lowest BCUT2D eigenvalue weighted by Gasteiger charge is -2.18. The van der Waals surface area contributed by atoms with Gasteiger partial charge in [0.05, 0.1) is 23.4 Å². The Morgan fingerprint density at radius 2 is 1.56 bits per heavy atom. The standard InChI is InChI=1S/C19H15N3O3/c23-18-14-6-1-2-7-15(14)19(24)22(18)16-8-3-4-9-17(16)25-13-12-21-11-5-10-20-21/h1-11H,12-13H2. The maximum absolute atomic E-state index is 12.7. The van der Waals surface area contributed by atoms with Crippen LogP contribution in [0.25, 0.3) is 0 Å². The molecule has 0 unspecified atom stereocenters. The number of nitrogens with zero attached hydrogens (tertiary/aromatic N) is 3. The van der Waals surface area contributed by atoms with Crippen LogP contribution in [0.15, 0.2) is 67.0 Å². The highest BCUT2D eigenvalue weighted by Gasteiger charge is 2.37. The van der Waals surface area contributed by atoms with Crippen LogP contribution in [0.3, 0.4) is 0 Å². The number of carbonyl (C=O) groups is 2. The van der Waals surface area contributed by atoms with Crippen molar-refractivity contribution in [1.82, 2.24) is 9.78 Å². The van der Waals surface area contributed by atoms with Gasteiger partial charge in [-0.15, -0.1) is 0 Å². The van der Waals surface area contributed by atoms with Gasteiger partial charge in [-0.3, -0.25) is 14.3 Å². The second kappa shape index (κ2) is 6.24. The molecule has 0 spiro atoms. The molecule has 124 valence electrons. The molecule has 0 radical (unpaired) electrons. The fourth-order valence-electron chi connectivity index (χ4n) is 2.85. The Labute approximate surface area is 144 Å². The van der Waals surface area contributed by atoms with Crippen LogP contribution in [0.4, 0.5) is 5.69 Å². The first-order valence-electron chi connectivity index (χ1n) is 7.93. The third-order valence-electron chi connectivity index (χ3n) is 4.04. The van der Waals surface area contributed by atoms with Crippen molar-refractivity contribution >= 4 is 17.5 Å². The van der Waals surface area contributed by atoms with Crippen molar-refractivity contribution in [3.63, 3.8) is 0 Å². The summed E-state index contributed by atoms with van der Waals surface area (Å²) in [7, 11) is 0. The van der Waals surface area contributed by atoms with Gasteiger partial charge in [-0.05, 0) is 30.3 Å². The molecule has 4 rings (SSSR count). The maximum Gasteiger partial charge on any atom is 0.266 e. The maximum atomic E-state index is 12.7. The summed E-state index contributed by atoms with van der Waals surface area (Å²) in [6.07, 6.45) is 3.55. The van der Waals surface area contributed by atoms with E-state index in [4.69, 9.17) is 4.74 Å². The largest absolute Gasteiger partial charge is 0.489 e. The summed E-state index contributed by atoms with van der Waals surface area (Å²) in [6, 6.07) is 15.7. The van der Waals surface area contributed by atoms with Crippen molar-refractivity contribution in [3.05, 3.63) is 78.1 Å². The summed E-state index contributed by atoms with van der Waals surface area (Å²) in [5.41, 5.74) is 1.28. The molecular weight excluding hydrogens is 318 g/mol. The molecular formula is C19H15N3O3. The fraction of sp³-hybridized carbons (Fsp3) is 0.105. The van der Waals surface area contributed by atoms with Gasteiger partial charge in [-0.25, -0.2) is 4.90 Å². The van der Waals surface area contributed by atoms with Crippen LogP contribution in [0.5, 0.6) is 5.75 Å². The highest BCUT2D eigenvalue weighted by atomic mass is 16.5. The summed E-state index contributed by atoms with van der Waals surface area (Å²) in [5.74, 6) is -0.170. The average molecular weight is 333 g/mol. The minimum atomic E-state index is -0.330. The van der Waals surface area contributed by atoms with Gasteiger partial charge in [0.1, 0.15) is 12.4 Å². The normalized spacial score (nSPS) is 13.2. The van der Waals surface area contributed by atoms with Crippen LogP contribution < -0.4 is 9.64 Å². The van der Waals surface area contributed by atoms with Crippen LogP contribution in [0.2, 0.25) is 0 Å². The summed E-state index contributed by atoms with van der Waals surface area (Å²) in [5, 5.41) is 4.12. The molecule has 0 N–H and O–H groups in total. The summed E-state index contributed by atoms with van der Waals surface area (Å²) in [6.45, 7) is 0.950. The number of imide groups is 1. The minimum absolute atomic E-state index is 0.330. The predicted octanol–water partition coefficient (Wildman–Crippen LogP) is 2.76. The topological polar surface area (TPSA) is 64.4 Å². The van der Waals surface area contributed by atoms with Crippen LogP contribution in [-0.2, 0) is 6.54 Å². The van der Waals surface area contributed by atoms with Crippen molar-refractivity contribution in [2.24, 2.45) is 0 Å². The van der Waals surface area contributed by atoms with Crippen LogP contribution in [0.1, 0.15) is 20.7 Å². The first kappa shape index (κ1) is 15.1. The van der Waals surface area contributed by atoms with E-state index < -0.39 is 0 Å². The third-order valence-corrected chi connectivity index (χ3v) is 4.04. The number of carbonyl (C=O) groups excluding carboxylic acids is 2. The summed E-state index contributed by atoms with van der Waals surface area (Å²) in [4.78, 5) is 26.5. The first-order valence-corrected chi connectivity index (χ1v) is 7.93. The number of ether oxygens (including phenoxy) is 1. The quantitative estimate of drug-likeness (QED) is 0.674. The molecule has 0 atom stereocenters. The van der Waals surface area contributed by atoms with E-state index in [1.54, 1.807) is 53.3 Å². The Kier molecular flexibility index (Phi) is 3.78. The van der Waals surface area contributed by atoms with Gasteiger partial charge in [0.25, 0.3) is 11.8 Å². The van der Waals surface area contributed by atoms with E-state index in [1.165, 1.54) is 4.90 Å². The molecule has 6 heteroatoms. The lowest BCUT2D eigenvalue weighted by atomic mass is 10.1. The second-order valence-corrected chi connectivity index (χ2v) is 5.58. The molecule has 1 aliphatic heterocycles. The Morgan fingerprint density at radius 1 is 0.880 bits per heavy atom. The number of anilines is 1. The van der Waals surface area contributed by atoms with E-state index in [2.05, 4.69) is 5.10 Å². The smallest absolute Gasteiger partial charge is 0.266 e. The van der Waals surface area contributed by atoms with Crippen molar-refractivity contribution in [2.45, 2.75) is 6.54 Å². The molecule has 2 amide bonds. The van der Waals surface area contributed by atoms with E-state index in [0.717, 1.165) is 0 Å². The monoisotopic (exact) mass is 333 g/mol.